The van der Waals surface area contributed by atoms with Crippen LogP contribution in [0.3, 0.4) is 0 Å². The Hall–Kier alpha value is -1.62. The van der Waals surface area contributed by atoms with Gasteiger partial charge in [0, 0.05) is 26.2 Å². The zero-order valence-electron chi connectivity index (χ0n) is 11.5. The van der Waals surface area contributed by atoms with E-state index in [2.05, 4.69) is 0 Å². The summed E-state index contributed by atoms with van der Waals surface area (Å²) in [4.78, 5) is 16.1. The highest BCUT2D eigenvalue weighted by molar-refractivity contribution is 5.87. The topological polar surface area (TPSA) is 49.6 Å². The normalized spacial score (nSPS) is 21.5. The Kier molecular flexibility index (Phi) is 3.38. The fraction of sp³-hybridized carbons (Fsp3) is 0.533. The molecular formula is C15H20FN3O. The number of para-hydroxylation sites is 1. The van der Waals surface area contributed by atoms with Crippen molar-refractivity contribution < 1.29 is 9.18 Å². The molecule has 1 aromatic rings. The van der Waals surface area contributed by atoms with E-state index in [4.69, 9.17) is 5.73 Å². The van der Waals surface area contributed by atoms with Crippen molar-refractivity contribution in [2.45, 2.75) is 24.8 Å². The van der Waals surface area contributed by atoms with Crippen molar-refractivity contribution in [1.82, 2.24) is 4.90 Å². The van der Waals surface area contributed by atoms with Gasteiger partial charge in [-0.2, -0.15) is 0 Å². The number of amides is 1. The van der Waals surface area contributed by atoms with Gasteiger partial charge in [0.15, 0.2) is 0 Å². The molecule has 2 fully saturated rings. The summed E-state index contributed by atoms with van der Waals surface area (Å²) in [6, 6.07) is 6.77. The van der Waals surface area contributed by atoms with Crippen LogP contribution < -0.4 is 10.6 Å². The zero-order chi connectivity index (χ0) is 14.2. The molecule has 1 aromatic carbocycles. The number of nitrogens with two attached hydrogens (primary N) is 1. The number of benzene rings is 1. The minimum atomic E-state index is -0.625. The van der Waals surface area contributed by atoms with Crippen LogP contribution >= 0.6 is 0 Å². The van der Waals surface area contributed by atoms with Gasteiger partial charge < -0.3 is 15.5 Å². The largest absolute Gasteiger partial charge is 0.366 e. The fourth-order valence-corrected chi connectivity index (χ4v) is 2.95. The first kappa shape index (κ1) is 13.4. The molecule has 0 aromatic heterocycles. The van der Waals surface area contributed by atoms with E-state index in [1.54, 1.807) is 12.1 Å². The summed E-state index contributed by atoms with van der Waals surface area (Å²) >= 11 is 0. The first-order valence-corrected chi connectivity index (χ1v) is 7.18. The summed E-state index contributed by atoms with van der Waals surface area (Å²) in [6.45, 7) is 2.55. The number of carbonyl (C=O) groups excluding carboxylic acids is 1. The van der Waals surface area contributed by atoms with Gasteiger partial charge in [-0.15, -0.1) is 0 Å². The quantitative estimate of drug-likeness (QED) is 0.888. The maximum absolute atomic E-state index is 13.7. The average molecular weight is 277 g/mol. The van der Waals surface area contributed by atoms with Crippen molar-refractivity contribution in [2.24, 2.45) is 5.73 Å². The Morgan fingerprint density at radius 2 is 1.80 bits per heavy atom. The second-order valence-corrected chi connectivity index (χ2v) is 5.74. The van der Waals surface area contributed by atoms with Crippen molar-refractivity contribution in [3.05, 3.63) is 30.1 Å². The number of halogens is 1. The second kappa shape index (κ2) is 5.05. The van der Waals surface area contributed by atoms with E-state index >= 15 is 0 Å². The van der Waals surface area contributed by atoms with Crippen molar-refractivity contribution in [2.75, 3.05) is 31.1 Å². The number of rotatable bonds is 2. The van der Waals surface area contributed by atoms with Gasteiger partial charge in [0.05, 0.1) is 11.2 Å². The molecule has 0 unspecified atom stereocenters. The Bertz CT molecular complexity index is 508. The zero-order valence-corrected chi connectivity index (χ0v) is 11.5. The van der Waals surface area contributed by atoms with Gasteiger partial charge in [0.2, 0.25) is 5.91 Å². The Balaban J connectivity index is 1.62. The molecule has 1 saturated carbocycles. The Morgan fingerprint density at radius 3 is 2.35 bits per heavy atom. The fourth-order valence-electron chi connectivity index (χ4n) is 2.95. The number of piperazine rings is 1. The number of carbonyl (C=O) groups is 1. The Labute approximate surface area is 118 Å². The van der Waals surface area contributed by atoms with E-state index in [1.165, 1.54) is 6.07 Å². The first-order valence-electron chi connectivity index (χ1n) is 7.18. The van der Waals surface area contributed by atoms with Crippen LogP contribution in [0.1, 0.15) is 19.3 Å². The first-order chi connectivity index (χ1) is 9.60. The van der Waals surface area contributed by atoms with Crippen LogP contribution in [0.5, 0.6) is 0 Å². The molecule has 5 heteroatoms. The summed E-state index contributed by atoms with van der Waals surface area (Å²) in [6.07, 6.45) is 2.62. The molecule has 4 nitrogen and oxygen atoms in total. The maximum Gasteiger partial charge on any atom is 0.242 e. The lowest BCUT2D eigenvalue weighted by molar-refractivity contribution is -0.140. The van der Waals surface area contributed by atoms with E-state index in [9.17, 15) is 9.18 Å². The number of nitrogens with zero attached hydrogens (tertiary/aromatic N) is 2. The van der Waals surface area contributed by atoms with E-state index in [-0.39, 0.29) is 11.7 Å². The minimum absolute atomic E-state index is 0.0666. The molecule has 108 valence electrons. The van der Waals surface area contributed by atoms with Crippen LogP contribution in [0, 0.1) is 5.82 Å². The smallest absolute Gasteiger partial charge is 0.242 e. The summed E-state index contributed by atoms with van der Waals surface area (Å²) in [5.74, 6) is -0.140. The minimum Gasteiger partial charge on any atom is -0.366 e. The molecule has 1 amide bonds. The third kappa shape index (κ3) is 2.26. The predicted molar refractivity (Wildman–Crippen MR) is 76.0 cm³/mol. The molecule has 1 heterocycles. The summed E-state index contributed by atoms with van der Waals surface area (Å²) in [5.41, 5.74) is 6.07. The van der Waals surface area contributed by atoms with Crippen molar-refractivity contribution in [1.29, 1.82) is 0 Å². The van der Waals surface area contributed by atoms with Crippen LogP contribution in [0.2, 0.25) is 0 Å². The molecular weight excluding hydrogens is 257 g/mol. The molecule has 1 aliphatic carbocycles. The van der Waals surface area contributed by atoms with E-state index in [1.807, 2.05) is 15.9 Å². The van der Waals surface area contributed by atoms with Crippen LogP contribution in [0.4, 0.5) is 10.1 Å². The van der Waals surface area contributed by atoms with Crippen LogP contribution in [-0.4, -0.2) is 42.5 Å². The van der Waals surface area contributed by atoms with Crippen LogP contribution in [0.25, 0.3) is 0 Å². The third-order valence-corrected chi connectivity index (χ3v) is 4.43. The van der Waals surface area contributed by atoms with Crippen molar-refractivity contribution >= 4 is 11.6 Å². The standard InChI is InChI=1S/C15H20FN3O/c16-12-4-1-2-5-13(12)18-8-10-19(11-9-18)14(20)15(17)6-3-7-15/h1-2,4-5H,3,6-11,17H2. The molecule has 2 N–H and O–H groups in total. The summed E-state index contributed by atoms with van der Waals surface area (Å²) < 4.78 is 13.7. The number of hydrogen-bond donors (Lipinski definition) is 1. The SMILES string of the molecule is NC1(C(=O)N2CCN(c3ccccc3F)CC2)CCC1. The molecule has 0 spiro atoms. The highest BCUT2D eigenvalue weighted by Crippen LogP contribution is 2.31. The van der Waals surface area contributed by atoms with Gasteiger partial charge >= 0.3 is 0 Å². The third-order valence-electron chi connectivity index (χ3n) is 4.43. The molecule has 1 aliphatic heterocycles. The van der Waals surface area contributed by atoms with Gasteiger partial charge in [-0.25, -0.2) is 4.39 Å². The van der Waals surface area contributed by atoms with E-state index in [0.717, 1.165) is 19.3 Å². The monoisotopic (exact) mass is 277 g/mol. The van der Waals surface area contributed by atoms with E-state index < -0.39 is 5.54 Å². The maximum atomic E-state index is 13.7. The van der Waals surface area contributed by atoms with Gasteiger partial charge in [0.1, 0.15) is 5.82 Å². The average Bonchev–Trinajstić information content (AvgIpc) is 2.45. The van der Waals surface area contributed by atoms with Gasteiger partial charge in [-0.3, -0.25) is 4.79 Å². The molecule has 20 heavy (non-hydrogen) atoms. The lowest BCUT2D eigenvalue weighted by Gasteiger charge is -2.43. The van der Waals surface area contributed by atoms with E-state index in [0.29, 0.717) is 31.9 Å². The molecule has 0 bridgehead atoms. The molecule has 0 radical (unpaired) electrons. The summed E-state index contributed by atoms with van der Waals surface area (Å²) in [7, 11) is 0. The van der Waals surface area contributed by atoms with Crippen molar-refractivity contribution in [3.8, 4) is 0 Å². The number of anilines is 1. The number of hydrogen-bond acceptors (Lipinski definition) is 3. The lowest BCUT2D eigenvalue weighted by Crippen LogP contribution is -2.62. The van der Waals surface area contributed by atoms with Crippen LogP contribution in [-0.2, 0) is 4.79 Å². The lowest BCUT2D eigenvalue weighted by atomic mass is 9.76. The predicted octanol–water partition coefficient (Wildman–Crippen LogP) is 1.36. The highest BCUT2D eigenvalue weighted by Gasteiger charge is 2.43. The molecule has 2 aliphatic rings. The van der Waals surface area contributed by atoms with Crippen molar-refractivity contribution in [3.63, 3.8) is 0 Å². The summed E-state index contributed by atoms with van der Waals surface area (Å²) in [5, 5.41) is 0. The molecule has 3 rings (SSSR count). The van der Waals surface area contributed by atoms with Crippen LogP contribution in [0.15, 0.2) is 24.3 Å². The molecule has 0 atom stereocenters. The van der Waals surface area contributed by atoms with Gasteiger partial charge in [-0.05, 0) is 31.4 Å². The van der Waals surface area contributed by atoms with Gasteiger partial charge in [0.25, 0.3) is 0 Å². The molecule has 1 saturated heterocycles. The second-order valence-electron chi connectivity index (χ2n) is 5.74. The highest BCUT2D eigenvalue weighted by atomic mass is 19.1. The Morgan fingerprint density at radius 1 is 1.15 bits per heavy atom. The van der Waals surface area contributed by atoms with Gasteiger partial charge in [-0.1, -0.05) is 12.1 Å².